The average molecular weight is 207 g/mol. The molecule has 3 nitrogen and oxygen atoms in total. The summed E-state index contributed by atoms with van der Waals surface area (Å²) in [6.07, 6.45) is 0.657. The smallest absolute Gasteiger partial charge is 0.164 e. The number of hydrogen-bond donors (Lipinski definition) is 0. The number of hydrogen-bond acceptors (Lipinski definition) is 3. The average Bonchev–Trinajstić information content (AvgIpc) is 2.27. The molecule has 14 heavy (non-hydrogen) atoms. The first kappa shape index (κ1) is 10.8. The van der Waals surface area contributed by atoms with Crippen molar-refractivity contribution in [1.82, 2.24) is 0 Å². The molecule has 0 saturated carbocycles. The first-order valence-corrected chi connectivity index (χ1v) is 5.42. The van der Waals surface area contributed by atoms with Crippen LogP contribution in [0, 0.1) is 11.3 Å². The normalized spacial score (nSPS) is 11.8. The fourth-order valence-corrected chi connectivity index (χ4v) is 2.00. The molecule has 0 saturated heterocycles. The second-order valence-electron chi connectivity index (χ2n) is 2.62. The van der Waals surface area contributed by atoms with Crippen molar-refractivity contribution in [3.63, 3.8) is 0 Å². The number of carbonyl (C=O) groups is 1. The molecule has 1 rings (SSSR count). The first-order valence-electron chi connectivity index (χ1n) is 4.10. The molecule has 4 heteroatoms. The third kappa shape index (κ3) is 2.13. The van der Waals surface area contributed by atoms with E-state index in [0.29, 0.717) is 28.1 Å². The Morgan fingerprint density at radius 3 is 2.86 bits per heavy atom. The van der Waals surface area contributed by atoms with Gasteiger partial charge in [-0.15, -0.1) is 0 Å². The van der Waals surface area contributed by atoms with E-state index < -0.39 is 11.2 Å². The lowest BCUT2D eigenvalue weighted by molar-refractivity contribution is 0.112. The molecule has 0 radical (unpaired) electrons. The van der Waals surface area contributed by atoms with Crippen LogP contribution < -0.4 is 0 Å². The quantitative estimate of drug-likeness (QED) is 0.557. The van der Waals surface area contributed by atoms with Crippen LogP contribution in [0.25, 0.3) is 0 Å². The van der Waals surface area contributed by atoms with Gasteiger partial charge in [0.15, 0.2) is 11.2 Å². The van der Waals surface area contributed by atoms with Crippen molar-refractivity contribution in [2.45, 2.75) is 11.8 Å². The highest BCUT2D eigenvalue weighted by atomic mass is 32.2. The fraction of sp³-hybridized carbons (Fsp3) is 0.200. The number of aldehydes is 1. The Morgan fingerprint density at radius 1 is 1.64 bits per heavy atom. The summed E-state index contributed by atoms with van der Waals surface area (Å²) in [7, 11) is 0. The first-order chi connectivity index (χ1) is 6.72. The highest BCUT2D eigenvalue weighted by Crippen LogP contribution is 2.17. The maximum atomic E-state index is 11.5. The van der Waals surface area contributed by atoms with Gasteiger partial charge in [0.25, 0.3) is 0 Å². The van der Waals surface area contributed by atoms with Gasteiger partial charge in [-0.05, 0) is 30.2 Å². The van der Waals surface area contributed by atoms with E-state index in [-0.39, 0.29) is 0 Å². The van der Waals surface area contributed by atoms with Crippen molar-refractivity contribution in [2.24, 2.45) is 0 Å². The highest BCUT2D eigenvalue weighted by molar-refractivity contribution is 7.91. The largest absolute Gasteiger partial charge is 0.611 e. The summed E-state index contributed by atoms with van der Waals surface area (Å²) in [4.78, 5) is 11.1. The molecule has 1 unspecified atom stereocenters. The Hall–Kier alpha value is -1.31. The number of carbonyl (C=O) groups excluding carboxylic acids is 1. The van der Waals surface area contributed by atoms with Gasteiger partial charge in [-0.3, -0.25) is 4.79 Å². The molecule has 0 spiro atoms. The predicted molar refractivity (Wildman–Crippen MR) is 53.5 cm³/mol. The number of benzene rings is 1. The fourth-order valence-electron chi connectivity index (χ4n) is 1.05. The lowest BCUT2D eigenvalue weighted by atomic mass is 10.2. The molecule has 72 valence electrons. The lowest BCUT2D eigenvalue weighted by Crippen LogP contribution is -2.07. The highest BCUT2D eigenvalue weighted by Gasteiger charge is 2.14. The van der Waals surface area contributed by atoms with Crippen molar-refractivity contribution in [2.75, 3.05) is 5.75 Å². The van der Waals surface area contributed by atoms with Crippen LogP contribution in [0.2, 0.25) is 0 Å². The van der Waals surface area contributed by atoms with Crippen LogP contribution in [-0.2, 0) is 11.2 Å². The molecule has 0 heterocycles. The van der Waals surface area contributed by atoms with Crippen LogP contribution >= 0.6 is 0 Å². The molecule has 0 amide bonds. The van der Waals surface area contributed by atoms with Gasteiger partial charge in [0.1, 0.15) is 5.75 Å². The topological polar surface area (TPSA) is 63.9 Å². The van der Waals surface area contributed by atoms with Crippen molar-refractivity contribution >= 4 is 17.5 Å². The Bertz CT molecular complexity index is 384. The zero-order chi connectivity index (χ0) is 10.6. The Morgan fingerprint density at radius 2 is 2.36 bits per heavy atom. The summed E-state index contributed by atoms with van der Waals surface area (Å²) < 4.78 is 11.5. The standard InChI is InChI=1S/C10H9NO2S/c1-2-14(13)10-5-8(6-11)3-4-9(10)7-12/h3-5,7H,2H2,1H3. The Labute approximate surface area is 85.5 Å². The molecular weight excluding hydrogens is 198 g/mol. The molecule has 0 fully saturated rings. The van der Waals surface area contributed by atoms with Gasteiger partial charge < -0.3 is 4.55 Å². The molecule has 1 aromatic carbocycles. The summed E-state index contributed by atoms with van der Waals surface area (Å²) in [5, 5.41) is 8.64. The summed E-state index contributed by atoms with van der Waals surface area (Å²) in [6, 6.07) is 6.51. The van der Waals surface area contributed by atoms with Gasteiger partial charge in [0, 0.05) is 6.07 Å². The zero-order valence-electron chi connectivity index (χ0n) is 7.69. The molecule has 0 N–H and O–H groups in total. The van der Waals surface area contributed by atoms with Crippen molar-refractivity contribution < 1.29 is 9.35 Å². The van der Waals surface area contributed by atoms with Crippen molar-refractivity contribution in [1.29, 1.82) is 5.26 Å². The molecule has 0 bridgehead atoms. The second kappa shape index (κ2) is 4.80. The Balaban J connectivity index is 3.22. The van der Waals surface area contributed by atoms with Gasteiger partial charge >= 0.3 is 0 Å². The molecule has 0 aromatic heterocycles. The molecular formula is C10H9NO2S. The van der Waals surface area contributed by atoms with Crippen LogP contribution in [0.15, 0.2) is 23.1 Å². The second-order valence-corrected chi connectivity index (χ2v) is 4.32. The van der Waals surface area contributed by atoms with Crippen LogP contribution in [0.1, 0.15) is 22.8 Å². The van der Waals surface area contributed by atoms with E-state index in [1.54, 1.807) is 13.0 Å². The minimum Gasteiger partial charge on any atom is -0.611 e. The third-order valence-electron chi connectivity index (χ3n) is 1.78. The van der Waals surface area contributed by atoms with Gasteiger partial charge in [-0.25, -0.2) is 0 Å². The van der Waals surface area contributed by atoms with E-state index >= 15 is 0 Å². The van der Waals surface area contributed by atoms with Crippen LogP contribution in [0.3, 0.4) is 0 Å². The van der Waals surface area contributed by atoms with Crippen molar-refractivity contribution in [3.8, 4) is 6.07 Å². The maximum Gasteiger partial charge on any atom is 0.164 e. The molecule has 1 aromatic rings. The summed E-state index contributed by atoms with van der Waals surface area (Å²) in [5.74, 6) is 0.440. The predicted octanol–water partition coefficient (Wildman–Crippen LogP) is 1.50. The SMILES string of the molecule is CC[S+]([O-])c1cc(C#N)ccc1C=O. The molecule has 0 aliphatic heterocycles. The number of rotatable bonds is 3. The van der Waals surface area contributed by atoms with Gasteiger partial charge in [0.05, 0.1) is 17.2 Å². The monoisotopic (exact) mass is 207 g/mol. The van der Waals surface area contributed by atoms with E-state index in [9.17, 15) is 9.35 Å². The van der Waals surface area contributed by atoms with E-state index in [0.717, 1.165) is 0 Å². The third-order valence-corrected chi connectivity index (χ3v) is 3.15. The van der Waals surface area contributed by atoms with E-state index in [4.69, 9.17) is 5.26 Å². The van der Waals surface area contributed by atoms with Gasteiger partial charge in [-0.2, -0.15) is 5.26 Å². The summed E-state index contributed by atoms with van der Waals surface area (Å²) >= 11 is -1.20. The lowest BCUT2D eigenvalue weighted by Gasteiger charge is -2.09. The summed E-state index contributed by atoms with van der Waals surface area (Å²) in [6.45, 7) is 1.77. The minimum absolute atomic E-state index is 0.393. The van der Waals surface area contributed by atoms with E-state index in [1.807, 2.05) is 6.07 Å². The summed E-state index contributed by atoms with van der Waals surface area (Å²) in [5.41, 5.74) is 0.816. The molecule has 1 atom stereocenters. The van der Waals surface area contributed by atoms with Crippen LogP contribution in [-0.4, -0.2) is 16.6 Å². The van der Waals surface area contributed by atoms with Crippen LogP contribution in [0.5, 0.6) is 0 Å². The van der Waals surface area contributed by atoms with Crippen LogP contribution in [0.4, 0.5) is 0 Å². The minimum atomic E-state index is -1.20. The van der Waals surface area contributed by atoms with Gasteiger partial charge in [-0.1, -0.05) is 0 Å². The number of nitrogens with zero attached hydrogens (tertiary/aromatic N) is 1. The van der Waals surface area contributed by atoms with Gasteiger partial charge in [0.2, 0.25) is 0 Å². The zero-order valence-corrected chi connectivity index (χ0v) is 8.50. The molecule has 0 aliphatic carbocycles. The van der Waals surface area contributed by atoms with Crippen molar-refractivity contribution in [3.05, 3.63) is 29.3 Å². The maximum absolute atomic E-state index is 11.5. The Kier molecular flexibility index (Phi) is 3.69. The molecule has 0 aliphatic rings. The van der Waals surface area contributed by atoms with E-state index in [2.05, 4.69) is 0 Å². The van der Waals surface area contributed by atoms with E-state index in [1.165, 1.54) is 12.1 Å². The number of nitriles is 1.